The molecule has 3 aliphatic carbocycles. The van der Waals surface area contributed by atoms with Gasteiger partial charge in [0.2, 0.25) is 0 Å². The van der Waals surface area contributed by atoms with Crippen molar-refractivity contribution in [2.45, 2.75) is 33.1 Å². The summed E-state index contributed by atoms with van der Waals surface area (Å²) in [5.74, 6) is 0.549. The van der Waals surface area contributed by atoms with Crippen LogP contribution < -0.4 is 0 Å². The predicted octanol–water partition coefficient (Wildman–Crippen LogP) is 5.58. The van der Waals surface area contributed by atoms with Crippen LogP contribution in [-0.4, -0.2) is 0 Å². The Kier molecular flexibility index (Phi) is 2.30. The minimum atomic E-state index is 0.177. The molecule has 0 heteroatoms. The number of hydrogen-bond acceptors (Lipinski definition) is 0. The number of rotatable bonds is 0. The average molecular weight is 260 g/mol. The van der Waals surface area contributed by atoms with Gasteiger partial charge in [0.25, 0.3) is 0 Å². The molecule has 2 atom stereocenters. The van der Waals surface area contributed by atoms with Gasteiger partial charge in [0.15, 0.2) is 0 Å². The lowest BCUT2D eigenvalue weighted by Crippen LogP contribution is -2.21. The second-order valence-corrected chi connectivity index (χ2v) is 6.68. The molecular weight excluding hydrogens is 240 g/mol. The molecule has 0 amide bonds. The molecule has 0 N–H and O–H groups in total. The zero-order valence-electron chi connectivity index (χ0n) is 12.4. The predicted molar refractivity (Wildman–Crippen MR) is 87.4 cm³/mol. The first-order valence-electron chi connectivity index (χ1n) is 7.51. The monoisotopic (exact) mass is 260 g/mol. The fourth-order valence-electron chi connectivity index (χ4n) is 3.66. The fraction of sp³-hybridized carbons (Fsp3) is 0.300. The van der Waals surface area contributed by atoms with Crippen LogP contribution in [0.5, 0.6) is 0 Å². The molecule has 0 heterocycles. The smallest absolute Gasteiger partial charge is 0.0148 e. The fourth-order valence-corrected chi connectivity index (χ4v) is 3.66. The lowest BCUT2D eigenvalue weighted by molar-refractivity contribution is 0.575. The molecule has 0 nitrogen and oxygen atoms in total. The van der Waals surface area contributed by atoms with Crippen LogP contribution in [0.3, 0.4) is 0 Å². The summed E-state index contributed by atoms with van der Waals surface area (Å²) >= 11 is 0. The minimum Gasteiger partial charge on any atom is -0.0804 e. The quantitative estimate of drug-likeness (QED) is 0.571. The van der Waals surface area contributed by atoms with Crippen molar-refractivity contribution in [2.24, 2.45) is 5.41 Å². The van der Waals surface area contributed by atoms with Gasteiger partial charge in [0.1, 0.15) is 0 Å². The van der Waals surface area contributed by atoms with Gasteiger partial charge >= 0.3 is 0 Å². The van der Waals surface area contributed by atoms with Crippen LogP contribution in [0.1, 0.15) is 55.4 Å². The number of benzene rings is 1. The van der Waals surface area contributed by atoms with Crippen molar-refractivity contribution in [3.05, 3.63) is 64.3 Å². The molecule has 0 aromatic heterocycles. The zero-order chi connectivity index (χ0) is 13.9. The van der Waals surface area contributed by atoms with Crippen LogP contribution in [-0.2, 0) is 0 Å². The number of fused-ring (bicyclic) bond motifs is 4. The highest BCUT2D eigenvalue weighted by molar-refractivity contribution is 5.87. The molecule has 0 bridgehead atoms. The van der Waals surface area contributed by atoms with Crippen LogP contribution in [0.2, 0.25) is 0 Å². The lowest BCUT2D eigenvalue weighted by atomic mass is 9.68. The van der Waals surface area contributed by atoms with Crippen molar-refractivity contribution in [1.82, 2.24) is 0 Å². The second-order valence-electron chi connectivity index (χ2n) is 6.68. The van der Waals surface area contributed by atoms with E-state index in [4.69, 9.17) is 0 Å². The summed E-state index contributed by atoms with van der Waals surface area (Å²) in [6.07, 6.45) is 15.1. The third-order valence-corrected chi connectivity index (χ3v) is 5.07. The van der Waals surface area contributed by atoms with Crippen molar-refractivity contribution in [2.75, 3.05) is 0 Å². The van der Waals surface area contributed by atoms with Gasteiger partial charge in [-0.05, 0) is 59.2 Å². The van der Waals surface area contributed by atoms with E-state index in [9.17, 15) is 0 Å². The van der Waals surface area contributed by atoms with Gasteiger partial charge in [0, 0.05) is 5.41 Å². The van der Waals surface area contributed by atoms with Crippen molar-refractivity contribution in [1.29, 1.82) is 0 Å². The summed E-state index contributed by atoms with van der Waals surface area (Å²) in [4.78, 5) is 0. The van der Waals surface area contributed by atoms with Crippen LogP contribution in [0.4, 0.5) is 0 Å². The van der Waals surface area contributed by atoms with Crippen molar-refractivity contribution in [3.8, 4) is 0 Å². The first kappa shape index (κ1) is 12.0. The molecule has 0 fully saturated rings. The summed E-state index contributed by atoms with van der Waals surface area (Å²) < 4.78 is 0. The summed E-state index contributed by atoms with van der Waals surface area (Å²) in [7, 11) is 0. The largest absolute Gasteiger partial charge is 0.0804 e. The Morgan fingerprint density at radius 3 is 2.85 bits per heavy atom. The van der Waals surface area contributed by atoms with Gasteiger partial charge < -0.3 is 0 Å². The molecule has 2 unspecified atom stereocenters. The molecule has 4 rings (SSSR count). The highest BCUT2D eigenvalue weighted by Gasteiger charge is 2.33. The maximum Gasteiger partial charge on any atom is 0.0148 e. The standard InChI is InChI=1S/C20H20/c1-13-6-8-20(3)9-7-16-11-15-5-4-14(2)17(15)12-18(16)19(20)10-13/h4-7,9-12,14H,8H2,1-3H3. The van der Waals surface area contributed by atoms with E-state index in [1.165, 1.54) is 33.4 Å². The maximum atomic E-state index is 2.43. The van der Waals surface area contributed by atoms with E-state index in [0.717, 1.165) is 6.42 Å². The van der Waals surface area contributed by atoms with Gasteiger partial charge in [-0.2, -0.15) is 0 Å². The van der Waals surface area contributed by atoms with Gasteiger partial charge in [-0.15, -0.1) is 0 Å². The van der Waals surface area contributed by atoms with E-state index in [1.807, 2.05) is 0 Å². The first-order chi connectivity index (χ1) is 9.57. The van der Waals surface area contributed by atoms with Gasteiger partial charge in [-0.3, -0.25) is 0 Å². The van der Waals surface area contributed by atoms with E-state index in [2.05, 4.69) is 69.4 Å². The summed E-state index contributed by atoms with van der Waals surface area (Å²) in [5, 5.41) is 0. The zero-order valence-corrected chi connectivity index (χ0v) is 12.4. The second kappa shape index (κ2) is 3.85. The molecule has 20 heavy (non-hydrogen) atoms. The highest BCUT2D eigenvalue weighted by atomic mass is 14.4. The Hall–Kier alpha value is -1.82. The Morgan fingerprint density at radius 2 is 2.00 bits per heavy atom. The molecule has 0 spiro atoms. The Morgan fingerprint density at radius 1 is 1.15 bits per heavy atom. The van der Waals surface area contributed by atoms with Crippen LogP contribution in [0.15, 0.2) is 42.0 Å². The number of hydrogen-bond donors (Lipinski definition) is 0. The average Bonchev–Trinajstić information content (AvgIpc) is 2.79. The SMILES string of the molecule is CC1=CCC2(C)C=Cc3cc4c(cc3C2=C1)C(C)C=C4. The molecule has 1 aromatic carbocycles. The molecule has 0 saturated carbocycles. The third kappa shape index (κ3) is 1.54. The van der Waals surface area contributed by atoms with E-state index >= 15 is 0 Å². The Bertz CT molecular complexity index is 725. The summed E-state index contributed by atoms with van der Waals surface area (Å²) in [6, 6.07) is 4.79. The first-order valence-corrected chi connectivity index (χ1v) is 7.51. The molecule has 1 aromatic rings. The number of allylic oxidation sites excluding steroid dienone is 6. The minimum absolute atomic E-state index is 0.177. The summed E-state index contributed by atoms with van der Waals surface area (Å²) in [5.41, 5.74) is 8.76. The normalized spacial score (nSPS) is 29.4. The van der Waals surface area contributed by atoms with Crippen LogP contribution in [0.25, 0.3) is 17.7 Å². The molecule has 0 aliphatic heterocycles. The van der Waals surface area contributed by atoms with Gasteiger partial charge in [-0.25, -0.2) is 0 Å². The molecule has 100 valence electrons. The molecule has 0 radical (unpaired) electrons. The van der Waals surface area contributed by atoms with E-state index in [-0.39, 0.29) is 5.41 Å². The van der Waals surface area contributed by atoms with Crippen LogP contribution in [0, 0.1) is 5.41 Å². The van der Waals surface area contributed by atoms with E-state index < -0.39 is 0 Å². The van der Waals surface area contributed by atoms with Crippen molar-refractivity contribution in [3.63, 3.8) is 0 Å². The van der Waals surface area contributed by atoms with Crippen molar-refractivity contribution >= 4 is 17.7 Å². The topological polar surface area (TPSA) is 0 Å². The van der Waals surface area contributed by atoms with Crippen LogP contribution >= 0.6 is 0 Å². The maximum absolute atomic E-state index is 2.43. The lowest BCUT2D eigenvalue weighted by Gasteiger charge is -2.36. The third-order valence-electron chi connectivity index (χ3n) is 5.07. The van der Waals surface area contributed by atoms with Crippen molar-refractivity contribution < 1.29 is 0 Å². The molecule has 0 saturated heterocycles. The van der Waals surface area contributed by atoms with E-state index in [1.54, 1.807) is 0 Å². The Balaban J connectivity index is 1.96. The highest BCUT2D eigenvalue weighted by Crippen LogP contribution is 2.49. The molecular formula is C20H20. The van der Waals surface area contributed by atoms with Gasteiger partial charge in [0.05, 0.1) is 0 Å². The molecule has 3 aliphatic rings. The van der Waals surface area contributed by atoms with E-state index in [0.29, 0.717) is 5.92 Å². The summed E-state index contributed by atoms with van der Waals surface area (Å²) in [6.45, 7) is 6.85. The Labute approximate surface area is 121 Å². The van der Waals surface area contributed by atoms with Gasteiger partial charge in [-0.1, -0.05) is 55.9 Å².